The Morgan fingerprint density at radius 3 is 1.63 bits per heavy atom. The zero-order chi connectivity index (χ0) is 48.0. The van der Waals surface area contributed by atoms with Crippen molar-refractivity contribution in [3.63, 3.8) is 0 Å². The predicted octanol–water partition coefficient (Wildman–Crippen LogP) is 6.82. The molecular formula is C49H52N12O6S. The molecule has 4 bridgehead atoms. The van der Waals surface area contributed by atoms with E-state index < -0.39 is 11.2 Å². The van der Waals surface area contributed by atoms with Crippen molar-refractivity contribution in [2.45, 2.75) is 69.0 Å². The maximum absolute atomic E-state index is 13.2. The van der Waals surface area contributed by atoms with Crippen molar-refractivity contribution in [2.75, 3.05) is 31.5 Å². The number of nitrogens with one attached hydrogen (secondary N) is 1. The molecule has 0 unspecified atom stereocenters. The molecule has 350 valence electrons. The number of ether oxygens (including phenoxy) is 2. The number of nitrogen functional groups attached to an aromatic ring is 1. The summed E-state index contributed by atoms with van der Waals surface area (Å²) < 4.78 is 16.7. The lowest BCUT2D eigenvalue weighted by Gasteiger charge is -2.22. The lowest BCUT2D eigenvalue weighted by atomic mass is 9.95. The minimum Gasteiger partial charge on any atom is -0.497 e. The van der Waals surface area contributed by atoms with Gasteiger partial charge in [0.25, 0.3) is 11.1 Å². The second-order valence-corrected chi connectivity index (χ2v) is 17.2. The Morgan fingerprint density at radius 1 is 0.647 bits per heavy atom. The molecule has 18 nitrogen and oxygen atoms in total. The van der Waals surface area contributed by atoms with E-state index in [1.54, 1.807) is 77.3 Å². The van der Waals surface area contributed by atoms with Crippen molar-refractivity contribution in [1.82, 2.24) is 48.6 Å². The van der Waals surface area contributed by atoms with Gasteiger partial charge in [-0.25, -0.2) is 43.6 Å². The second kappa shape index (κ2) is 20.1. The van der Waals surface area contributed by atoms with Gasteiger partial charge in [0, 0.05) is 23.8 Å². The van der Waals surface area contributed by atoms with Gasteiger partial charge < -0.3 is 30.7 Å². The second-order valence-electron chi connectivity index (χ2n) is 16.4. The molecule has 0 saturated carbocycles. The summed E-state index contributed by atoms with van der Waals surface area (Å²) >= 11 is 1.42. The number of pyridine rings is 2. The Bertz CT molecular complexity index is 3250. The monoisotopic (exact) mass is 936 g/mol. The number of aromatic nitrogens is 10. The first-order valence-corrected chi connectivity index (χ1v) is 23.0. The Labute approximate surface area is 395 Å². The predicted molar refractivity (Wildman–Crippen MR) is 263 cm³/mol. The first kappa shape index (κ1) is 46.9. The van der Waals surface area contributed by atoms with Crippen molar-refractivity contribution in [3.05, 3.63) is 154 Å². The molecule has 0 amide bonds. The summed E-state index contributed by atoms with van der Waals surface area (Å²) in [4.78, 5) is 53.2. The number of nitrogens with zero attached hydrogens (tertiary/aromatic N) is 10. The number of methoxy groups -OCH3 is 2. The normalized spacial score (nSPS) is 18.5. The molecule has 0 spiro atoms. The highest BCUT2D eigenvalue weighted by atomic mass is 32.2. The van der Waals surface area contributed by atoms with Crippen molar-refractivity contribution in [1.29, 1.82) is 0 Å². The van der Waals surface area contributed by atoms with Crippen LogP contribution in [0.3, 0.4) is 0 Å². The molecule has 2 atom stereocenters. The fourth-order valence-electron chi connectivity index (χ4n) is 7.65. The molecule has 2 aromatic carbocycles. The summed E-state index contributed by atoms with van der Waals surface area (Å²) in [5, 5.41) is 26.3. The fraction of sp³-hybridized carbons (Fsp3) is 0.265. The number of thioether (sulfide) groups is 1. The van der Waals surface area contributed by atoms with Crippen molar-refractivity contribution in [2.24, 2.45) is 0 Å². The number of benzene rings is 2. The van der Waals surface area contributed by atoms with Gasteiger partial charge in [-0.15, -0.1) is 0 Å². The van der Waals surface area contributed by atoms with Gasteiger partial charge in [-0.2, -0.15) is 4.98 Å². The third-order valence-electron chi connectivity index (χ3n) is 11.5. The first-order valence-electron chi connectivity index (χ1n) is 21.8. The van der Waals surface area contributed by atoms with E-state index in [0.717, 1.165) is 22.9 Å². The van der Waals surface area contributed by atoms with Gasteiger partial charge in [0.15, 0.2) is 28.1 Å². The van der Waals surface area contributed by atoms with Gasteiger partial charge >= 0.3 is 0 Å². The minimum absolute atomic E-state index is 0.157. The third kappa shape index (κ3) is 10.0. The summed E-state index contributed by atoms with van der Waals surface area (Å²) in [6, 6.07) is 25.5. The fourth-order valence-corrected chi connectivity index (χ4v) is 7.99. The minimum atomic E-state index is -1.09. The molecule has 6 aromatic heterocycles. The highest BCUT2D eigenvalue weighted by Crippen LogP contribution is 2.29. The maximum atomic E-state index is 13.2. The number of hydrogen-bond acceptors (Lipinski definition) is 15. The SMILES string of the molecule is COc1ccc(N)cc1.COc1ccc(Nc2ncc3c(=O)n4n(c3n2)-c2cccc(n2)[C@@](C)(O)CC/C=C\C4)cc1.CSc1ncc2c(=O)n3n(c2n1)-c1cccc(n1)[C@@](C)(O)CC/C=C\C3. The zero-order valence-corrected chi connectivity index (χ0v) is 39.1. The lowest BCUT2D eigenvalue weighted by Crippen LogP contribution is -2.24. The van der Waals surface area contributed by atoms with E-state index >= 15 is 0 Å². The van der Waals surface area contributed by atoms with Crippen LogP contribution in [-0.4, -0.2) is 79.3 Å². The first-order chi connectivity index (χ1) is 32.8. The van der Waals surface area contributed by atoms with E-state index in [4.69, 9.17) is 20.2 Å². The van der Waals surface area contributed by atoms with Crippen LogP contribution in [-0.2, 0) is 24.3 Å². The van der Waals surface area contributed by atoms with Crippen LogP contribution >= 0.6 is 11.8 Å². The van der Waals surface area contributed by atoms with Gasteiger partial charge in [0.05, 0.1) is 38.7 Å². The van der Waals surface area contributed by atoms with Crippen LogP contribution < -0.4 is 31.6 Å². The summed E-state index contributed by atoms with van der Waals surface area (Å²) in [7, 11) is 3.24. The van der Waals surface area contributed by atoms with Crippen LogP contribution in [0, 0.1) is 0 Å². The average Bonchev–Trinajstić information content (AvgIpc) is 3.78. The largest absolute Gasteiger partial charge is 0.497 e. The highest BCUT2D eigenvalue weighted by molar-refractivity contribution is 7.98. The number of nitrogens with two attached hydrogens (primary N) is 1. The van der Waals surface area contributed by atoms with Crippen LogP contribution in [0.5, 0.6) is 11.5 Å². The molecule has 8 heterocycles. The smallest absolute Gasteiger partial charge is 0.278 e. The molecule has 68 heavy (non-hydrogen) atoms. The molecule has 0 aliphatic carbocycles. The standard InChI is InChI=1S/C24H24N6O3.C18H19N5O2S.C7H9NO/c1-24(32)13-4-3-5-14-29-22(31)18-15-25-23(26-16-9-11-17(33-2)12-10-16)28-21(18)30(29)20-8-6-7-19(24)27-20;1-18(25)9-4-3-5-10-22-16(24)12-11-19-17(26-2)21-15(12)23(22)14-8-6-7-13(18)20-14;1-9-7-4-2-6(8)3-5-7/h3,5-12,15,32H,4,13-14H2,1-2H3,(H,25,26,28);3,5-8,11,25H,4,9-10H2,1-2H3;2-5H,8H2,1H3/b2*5-3-;/t24-;18-;/m00./s1. The Hall–Kier alpha value is -7.61. The summed E-state index contributed by atoms with van der Waals surface area (Å²) in [6.07, 6.45) is 15.3. The number of hydrogen-bond donors (Lipinski definition) is 4. The van der Waals surface area contributed by atoms with Crippen LogP contribution in [0.2, 0.25) is 0 Å². The highest BCUT2D eigenvalue weighted by Gasteiger charge is 2.28. The molecule has 0 fully saturated rings. The van der Waals surface area contributed by atoms with Crippen LogP contribution in [0.25, 0.3) is 33.7 Å². The Balaban J connectivity index is 0.000000158. The molecule has 19 heteroatoms. The van der Waals surface area contributed by atoms with E-state index in [9.17, 15) is 19.8 Å². The van der Waals surface area contributed by atoms with Crippen molar-refractivity contribution in [3.8, 4) is 23.1 Å². The van der Waals surface area contributed by atoms with E-state index in [-0.39, 0.29) is 11.1 Å². The molecule has 2 aliphatic heterocycles. The van der Waals surface area contributed by atoms with E-state index in [1.165, 1.54) is 18.0 Å². The molecule has 2 aliphatic rings. The summed E-state index contributed by atoms with van der Waals surface area (Å²) in [5.74, 6) is 2.99. The van der Waals surface area contributed by atoms with Gasteiger partial charge in [0.1, 0.15) is 33.5 Å². The van der Waals surface area contributed by atoms with Gasteiger partial charge in [-0.1, -0.05) is 48.2 Å². The number of allylic oxidation sites excluding steroid dienone is 4. The van der Waals surface area contributed by atoms with Crippen LogP contribution in [0.4, 0.5) is 17.3 Å². The topological polar surface area (TPSA) is 228 Å². The van der Waals surface area contributed by atoms with Gasteiger partial charge in [0.2, 0.25) is 5.95 Å². The number of rotatable bonds is 5. The number of fused-ring (bicyclic) bond motifs is 12. The summed E-state index contributed by atoms with van der Waals surface area (Å²) in [5.41, 5.74) is 6.55. The number of aliphatic hydroxyl groups is 2. The molecule has 8 aromatic rings. The van der Waals surface area contributed by atoms with Gasteiger partial charge in [-0.05, 0) is 119 Å². The van der Waals surface area contributed by atoms with Gasteiger partial charge in [-0.3, -0.25) is 9.59 Å². The molecule has 0 saturated heterocycles. The molecule has 0 radical (unpaired) electrons. The van der Waals surface area contributed by atoms with Crippen LogP contribution in [0.15, 0.2) is 136 Å². The summed E-state index contributed by atoms with van der Waals surface area (Å²) in [6.45, 7) is 4.27. The molecular weight excluding hydrogens is 885 g/mol. The number of anilines is 3. The Morgan fingerprint density at radius 2 is 1.13 bits per heavy atom. The third-order valence-corrected chi connectivity index (χ3v) is 12.0. The molecule has 5 N–H and O–H groups in total. The quantitative estimate of drug-likeness (QED) is 0.0601. The zero-order valence-electron chi connectivity index (χ0n) is 38.3. The van der Waals surface area contributed by atoms with E-state index in [1.807, 2.05) is 91.2 Å². The van der Waals surface area contributed by atoms with Crippen LogP contribution in [0.1, 0.15) is 50.9 Å². The Kier molecular flexibility index (Phi) is 13.9. The van der Waals surface area contributed by atoms with E-state index in [0.29, 0.717) is 95.0 Å². The van der Waals surface area contributed by atoms with Crippen molar-refractivity contribution < 1.29 is 19.7 Å². The molecule has 10 rings (SSSR count). The average molecular weight is 937 g/mol. The lowest BCUT2D eigenvalue weighted by molar-refractivity contribution is 0.0439. The van der Waals surface area contributed by atoms with E-state index in [2.05, 4.69) is 30.2 Å². The van der Waals surface area contributed by atoms with Crippen molar-refractivity contribution >= 4 is 51.2 Å². The maximum Gasteiger partial charge on any atom is 0.278 e.